The number of amides is 2. The fraction of sp³-hybridized carbons (Fsp3) is 0.714. The molecule has 0 spiro atoms. The van der Waals surface area contributed by atoms with Crippen molar-refractivity contribution in [2.45, 2.75) is 18.9 Å². The SMILES string of the molecule is Cl.NCCOC1CCC(=O)NC1=O. The second-order valence-electron chi connectivity index (χ2n) is 2.60. The van der Waals surface area contributed by atoms with E-state index in [1.165, 1.54) is 0 Å². The number of nitrogens with one attached hydrogen (secondary N) is 1. The van der Waals surface area contributed by atoms with Crippen molar-refractivity contribution in [2.75, 3.05) is 13.2 Å². The molecule has 1 aliphatic heterocycles. The molecule has 0 aromatic rings. The summed E-state index contributed by atoms with van der Waals surface area (Å²) in [4.78, 5) is 21.7. The first-order valence-electron chi connectivity index (χ1n) is 3.89. The predicted octanol–water partition coefficient (Wildman–Crippen LogP) is -0.811. The molecule has 2 amide bonds. The fourth-order valence-electron chi connectivity index (χ4n) is 1.04. The van der Waals surface area contributed by atoms with E-state index < -0.39 is 6.10 Å². The molecule has 1 unspecified atom stereocenters. The van der Waals surface area contributed by atoms with Crippen LogP contribution in [0.3, 0.4) is 0 Å². The maximum atomic E-state index is 11.0. The van der Waals surface area contributed by atoms with Gasteiger partial charge in [-0.3, -0.25) is 14.9 Å². The molecule has 1 saturated heterocycles. The molecule has 6 heteroatoms. The van der Waals surface area contributed by atoms with Gasteiger partial charge in [0.15, 0.2) is 0 Å². The third kappa shape index (κ3) is 3.71. The Balaban J connectivity index is 0.00000144. The van der Waals surface area contributed by atoms with Crippen molar-refractivity contribution >= 4 is 24.2 Å². The van der Waals surface area contributed by atoms with Crippen molar-refractivity contribution in [2.24, 2.45) is 5.73 Å². The van der Waals surface area contributed by atoms with Gasteiger partial charge in [0, 0.05) is 13.0 Å². The lowest BCUT2D eigenvalue weighted by atomic mass is 10.1. The Hall–Kier alpha value is -0.650. The summed E-state index contributed by atoms with van der Waals surface area (Å²) in [5, 5.41) is 2.19. The summed E-state index contributed by atoms with van der Waals surface area (Å²) in [6, 6.07) is 0. The van der Waals surface area contributed by atoms with Gasteiger partial charge in [-0.1, -0.05) is 0 Å². The number of hydrogen-bond acceptors (Lipinski definition) is 4. The van der Waals surface area contributed by atoms with Crippen molar-refractivity contribution in [1.82, 2.24) is 5.32 Å². The Labute approximate surface area is 82.4 Å². The second kappa shape index (κ2) is 5.90. The maximum Gasteiger partial charge on any atom is 0.255 e. The van der Waals surface area contributed by atoms with E-state index in [2.05, 4.69) is 5.32 Å². The molecule has 76 valence electrons. The van der Waals surface area contributed by atoms with E-state index in [-0.39, 0.29) is 24.2 Å². The van der Waals surface area contributed by atoms with E-state index in [1.807, 2.05) is 0 Å². The molecule has 0 radical (unpaired) electrons. The van der Waals surface area contributed by atoms with E-state index in [0.29, 0.717) is 26.0 Å². The van der Waals surface area contributed by atoms with Crippen LogP contribution in [0.25, 0.3) is 0 Å². The average Bonchev–Trinajstić information content (AvgIpc) is 2.03. The molecule has 1 fully saturated rings. The second-order valence-corrected chi connectivity index (χ2v) is 2.60. The zero-order valence-electron chi connectivity index (χ0n) is 7.12. The van der Waals surface area contributed by atoms with Crippen molar-refractivity contribution in [3.8, 4) is 0 Å². The minimum Gasteiger partial charge on any atom is -0.367 e. The third-order valence-corrected chi connectivity index (χ3v) is 1.63. The number of carbonyl (C=O) groups is 2. The van der Waals surface area contributed by atoms with Crippen LogP contribution in [-0.4, -0.2) is 31.1 Å². The number of imide groups is 1. The molecular weight excluding hydrogens is 196 g/mol. The van der Waals surface area contributed by atoms with Gasteiger partial charge < -0.3 is 10.5 Å². The maximum absolute atomic E-state index is 11.0. The molecular formula is C7H13ClN2O3. The summed E-state index contributed by atoms with van der Waals surface area (Å²) in [5.74, 6) is -0.577. The molecule has 13 heavy (non-hydrogen) atoms. The number of ether oxygens (including phenoxy) is 1. The Morgan fingerprint density at radius 2 is 2.23 bits per heavy atom. The number of hydrogen-bond donors (Lipinski definition) is 2. The molecule has 3 N–H and O–H groups in total. The van der Waals surface area contributed by atoms with Gasteiger partial charge in [0.1, 0.15) is 6.10 Å². The van der Waals surface area contributed by atoms with Crippen LogP contribution < -0.4 is 11.1 Å². The number of halogens is 1. The number of rotatable bonds is 3. The summed E-state index contributed by atoms with van der Waals surface area (Å²) in [6.07, 6.45) is 0.317. The van der Waals surface area contributed by atoms with Gasteiger partial charge >= 0.3 is 0 Å². The Morgan fingerprint density at radius 1 is 1.54 bits per heavy atom. The summed E-state index contributed by atoms with van der Waals surface area (Å²) < 4.78 is 5.10. The zero-order valence-corrected chi connectivity index (χ0v) is 7.93. The Bertz CT molecular complexity index is 198. The average molecular weight is 209 g/mol. The van der Waals surface area contributed by atoms with Crippen LogP contribution in [-0.2, 0) is 14.3 Å². The van der Waals surface area contributed by atoms with Crippen molar-refractivity contribution < 1.29 is 14.3 Å². The van der Waals surface area contributed by atoms with E-state index in [1.54, 1.807) is 0 Å². The van der Waals surface area contributed by atoms with E-state index in [9.17, 15) is 9.59 Å². The highest BCUT2D eigenvalue weighted by atomic mass is 35.5. The number of carbonyl (C=O) groups excluding carboxylic acids is 2. The summed E-state index contributed by atoms with van der Waals surface area (Å²) in [5.41, 5.74) is 5.19. The van der Waals surface area contributed by atoms with Gasteiger partial charge in [-0.2, -0.15) is 0 Å². The molecule has 0 saturated carbocycles. The molecule has 1 rings (SSSR count). The van der Waals surface area contributed by atoms with Gasteiger partial charge in [-0.15, -0.1) is 12.4 Å². The standard InChI is InChI=1S/C7H12N2O3.ClH/c8-3-4-12-5-1-2-6(10)9-7(5)11;/h5H,1-4,8H2,(H,9,10,11);1H. The lowest BCUT2D eigenvalue weighted by molar-refractivity contribution is -0.143. The van der Waals surface area contributed by atoms with Crippen molar-refractivity contribution in [3.05, 3.63) is 0 Å². The molecule has 0 aromatic heterocycles. The van der Waals surface area contributed by atoms with E-state index in [4.69, 9.17) is 10.5 Å². The van der Waals surface area contributed by atoms with Gasteiger partial charge in [0.05, 0.1) is 6.61 Å². The van der Waals surface area contributed by atoms with E-state index >= 15 is 0 Å². The predicted molar refractivity (Wildman–Crippen MR) is 48.4 cm³/mol. The van der Waals surface area contributed by atoms with Crippen LogP contribution in [0.1, 0.15) is 12.8 Å². The molecule has 0 bridgehead atoms. The number of nitrogens with two attached hydrogens (primary N) is 1. The minimum absolute atomic E-state index is 0. The molecule has 5 nitrogen and oxygen atoms in total. The van der Waals surface area contributed by atoms with Crippen molar-refractivity contribution in [1.29, 1.82) is 0 Å². The fourth-order valence-corrected chi connectivity index (χ4v) is 1.04. The highest BCUT2D eigenvalue weighted by Crippen LogP contribution is 2.07. The summed E-state index contributed by atoms with van der Waals surface area (Å²) in [6.45, 7) is 0.740. The van der Waals surface area contributed by atoms with Crippen LogP contribution in [0, 0.1) is 0 Å². The minimum atomic E-state index is -0.494. The largest absolute Gasteiger partial charge is 0.367 e. The molecule has 0 aliphatic carbocycles. The van der Waals surface area contributed by atoms with Crippen LogP contribution in [0.4, 0.5) is 0 Å². The topological polar surface area (TPSA) is 81.4 Å². The monoisotopic (exact) mass is 208 g/mol. The van der Waals surface area contributed by atoms with Gasteiger partial charge in [-0.05, 0) is 6.42 Å². The molecule has 1 aliphatic rings. The first kappa shape index (κ1) is 12.3. The lowest BCUT2D eigenvalue weighted by Gasteiger charge is -2.20. The highest BCUT2D eigenvalue weighted by Gasteiger charge is 2.26. The smallest absolute Gasteiger partial charge is 0.255 e. The van der Waals surface area contributed by atoms with Crippen LogP contribution >= 0.6 is 12.4 Å². The van der Waals surface area contributed by atoms with E-state index in [0.717, 1.165) is 0 Å². The quantitative estimate of drug-likeness (QED) is 0.595. The van der Waals surface area contributed by atoms with Gasteiger partial charge in [-0.25, -0.2) is 0 Å². The normalized spacial score (nSPS) is 22.1. The lowest BCUT2D eigenvalue weighted by Crippen LogP contribution is -2.45. The first-order valence-corrected chi connectivity index (χ1v) is 3.89. The Kier molecular flexibility index (Phi) is 5.61. The van der Waals surface area contributed by atoms with Gasteiger partial charge in [0.25, 0.3) is 5.91 Å². The van der Waals surface area contributed by atoms with Crippen LogP contribution in [0.5, 0.6) is 0 Å². The zero-order chi connectivity index (χ0) is 8.97. The van der Waals surface area contributed by atoms with Gasteiger partial charge in [0.2, 0.25) is 5.91 Å². The third-order valence-electron chi connectivity index (χ3n) is 1.63. The number of piperidine rings is 1. The first-order chi connectivity index (χ1) is 5.74. The van der Waals surface area contributed by atoms with Crippen molar-refractivity contribution in [3.63, 3.8) is 0 Å². The highest BCUT2D eigenvalue weighted by molar-refractivity contribution is 5.99. The van der Waals surface area contributed by atoms with Crippen LogP contribution in [0.15, 0.2) is 0 Å². The summed E-state index contributed by atoms with van der Waals surface area (Å²) in [7, 11) is 0. The molecule has 0 aromatic carbocycles. The Morgan fingerprint density at radius 3 is 2.77 bits per heavy atom. The molecule has 1 heterocycles. The van der Waals surface area contributed by atoms with Crippen LogP contribution in [0.2, 0.25) is 0 Å². The summed E-state index contributed by atoms with van der Waals surface area (Å²) >= 11 is 0. The molecule has 1 atom stereocenters.